The molecular weight excluding hydrogens is 292 g/mol. The van der Waals surface area contributed by atoms with E-state index in [-0.39, 0.29) is 5.69 Å². The van der Waals surface area contributed by atoms with Crippen LogP contribution in [0.1, 0.15) is 16.2 Å². The zero-order valence-corrected chi connectivity index (χ0v) is 13.2. The molecule has 2 aromatic heterocycles. The summed E-state index contributed by atoms with van der Waals surface area (Å²) in [6, 6.07) is 11.4. The molecule has 0 amide bonds. The highest BCUT2D eigenvalue weighted by molar-refractivity contribution is 5.99. The Morgan fingerprint density at radius 3 is 2.65 bits per heavy atom. The lowest BCUT2D eigenvalue weighted by molar-refractivity contribution is 0.0594. The van der Waals surface area contributed by atoms with E-state index in [0.29, 0.717) is 0 Å². The Morgan fingerprint density at radius 1 is 1.09 bits per heavy atom. The van der Waals surface area contributed by atoms with Crippen LogP contribution < -0.4 is 4.74 Å². The van der Waals surface area contributed by atoms with E-state index in [1.807, 2.05) is 37.3 Å². The summed E-state index contributed by atoms with van der Waals surface area (Å²) in [6.45, 7) is 1.94. The molecule has 5 nitrogen and oxygen atoms in total. The van der Waals surface area contributed by atoms with E-state index < -0.39 is 5.97 Å². The molecule has 2 heterocycles. The Balaban J connectivity index is 2.23. The predicted molar refractivity (Wildman–Crippen MR) is 87.6 cm³/mol. The number of nitrogens with zero attached hydrogens (tertiary/aromatic N) is 2. The van der Waals surface area contributed by atoms with E-state index in [0.717, 1.165) is 33.5 Å². The Hall–Kier alpha value is -2.95. The number of carbonyl (C=O) groups is 1. The van der Waals surface area contributed by atoms with Crippen LogP contribution in [-0.4, -0.2) is 30.2 Å². The predicted octanol–water partition coefficient (Wildman–Crippen LogP) is 3.40. The van der Waals surface area contributed by atoms with Crippen molar-refractivity contribution in [2.75, 3.05) is 14.2 Å². The van der Waals surface area contributed by atoms with Gasteiger partial charge in [0.15, 0.2) is 0 Å². The van der Waals surface area contributed by atoms with E-state index in [1.54, 1.807) is 19.4 Å². The molecule has 0 saturated heterocycles. The van der Waals surface area contributed by atoms with Crippen LogP contribution in [0.15, 0.2) is 42.6 Å². The molecule has 3 rings (SSSR count). The van der Waals surface area contributed by atoms with Gasteiger partial charge in [0.2, 0.25) is 0 Å². The first-order chi connectivity index (χ1) is 11.1. The van der Waals surface area contributed by atoms with Crippen molar-refractivity contribution in [3.8, 4) is 16.9 Å². The molecule has 0 radical (unpaired) electrons. The fraction of sp³-hybridized carbons (Fsp3) is 0.167. The highest BCUT2D eigenvalue weighted by Gasteiger charge is 2.13. The summed E-state index contributed by atoms with van der Waals surface area (Å²) in [5.74, 6) is 0.258. The SMILES string of the molecule is COC(=O)c1cc(-c2ccc(OC)c3nc(C)ccc23)ccn1. The molecule has 0 saturated carbocycles. The Bertz CT molecular complexity index is 891. The topological polar surface area (TPSA) is 61.3 Å². The highest BCUT2D eigenvalue weighted by atomic mass is 16.5. The Labute approximate surface area is 133 Å². The van der Waals surface area contributed by atoms with Gasteiger partial charge in [0.25, 0.3) is 0 Å². The summed E-state index contributed by atoms with van der Waals surface area (Å²) in [6.07, 6.45) is 1.60. The van der Waals surface area contributed by atoms with Gasteiger partial charge in [-0.05, 0) is 48.4 Å². The number of fused-ring (bicyclic) bond motifs is 1. The van der Waals surface area contributed by atoms with E-state index in [4.69, 9.17) is 9.47 Å². The molecule has 3 aromatic rings. The van der Waals surface area contributed by atoms with Crippen LogP contribution in [0.5, 0.6) is 5.75 Å². The second-order valence-corrected chi connectivity index (χ2v) is 5.09. The molecule has 5 heteroatoms. The largest absolute Gasteiger partial charge is 0.494 e. The number of esters is 1. The maximum Gasteiger partial charge on any atom is 0.356 e. The molecular formula is C18H16N2O3. The number of pyridine rings is 2. The average Bonchev–Trinajstić information content (AvgIpc) is 2.60. The standard InChI is InChI=1S/C18H16N2O3/c1-11-4-5-14-13(6-7-16(22-2)17(14)20-11)12-8-9-19-15(10-12)18(21)23-3/h4-10H,1-3H3. The summed E-state index contributed by atoms with van der Waals surface area (Å²) >= 11 is 0. The molecule has 0 aliphatic carbocycles. The minimum absolute atomic E-state index is 0.272. The summed E-state index contributed by atoms with van der Waals surface area (Å²) < 4.78 is 10.1. The van der Waals surface area contributed by atoms with Gasteiger partial charge in [-0.2, -0.15) is 0 Å². The van der Waals surface area contributed by atoms with E-state index in [9.17, 15) is 4.79 Å². The Kier molecular flexibility index (Phi) is 3.93. The zero-order chi connectivity index (χ0) is 16.4. The van der Waals surface area contributed by atoms with Gasteiger partial charge in [-0.25, -0.2) is 14.8 Å². The highest BCUT2D eigenvalue weighted by Crippen LogP contribution is 2.33. The first kappa shape index (κ1) is 15.0. The van der Waals surface area contributed by atoms with Crippen LogP contribution in [-0.2, 0) is 4.74 Å². The molecule has 23 heavy (non-hydrogen) atoms. The molecule has 116 valence electrons. The van der Waals surface area contributed by atoms with Gasteiger partial charge in [0.1, 0.15) is 17.0 Å². The summed E-state index contributed by atoms with van der Waals surface area (Å²) in [7, 11) is 2.96. The van der Waals surface area contributed by atoms with Crippen molar-refractivity contribution >= 4 is 16.9 Å². The fourth-order valence-electron chi connectivity index (χ4n) is 2.52. The van der Waals surface area contributed by atoms with Gasteiger partial charge in [-0.15, -0.1) is 0 Å². The molecule has 0 aliphatic heterocycles. The van der Waals surface area contributed by atoms with Gasteiger partial charge < -0.3 is 9.47 Å². The first-order valence-corrected chi connectivity index (χ1v) is 7.13. The van der Waals surface area contributed by atoms with E-state index in [2.05, 4.69) is 9.97 Å². The monoisotopic (exact) mass is 308 g/mol. The third-order valence-corrected chi connectivity index (χ3v) is 3.64. The summed E-state index contributed by atoms with van der Waals surface area (Å²) in [4.78, 5) is 20.3. The van der Waals surface area contributed by atoms with Gasteiger partial charge in [0, 0.05) is 17.3 Å². The van der Waals surface area contributed by atoms with Crippen molar-refractivity contribution in [1.82, 2.24) is 9.97 Å². The van der Waals surface area contributed by atoms with Gasteiger partial charge in [-0.1, -0.05) is 6.07 Å². The van der Waals surface area contributed by atoms with Crippen LogP contribution in [0.25, 0.3) is 22.0 Å². The number of benzene rings is 1. The third kappa shape index (κ3) is 2.73. The number of hydrogen-bond acceptors (Lipinski definition) is 5. The number of aromatic nitrogens is 2. The second kappa shape index (κ2) is 6.04. The van der Waals surface area contributed by atoms with Crippen LogP contribution in [0.3, 0.4) is 0 Å². The molecule has 0 aliphatic rings. The number of ether oxygens (including phenoxy) is 2. The van der Waals surface area contributed by atoms with Crippen LogP contribution in [0.4, 0.5) is 0 Å². The fourth-order valence-corrected chi connectivity index (χ4v) is 2.52. The van der Waals surface area contributed by atoms with Gasteiger partial charge in [-0.3, -0.25) is 0 Å². The van der Waals surface area contributed by atoms with Crippen LogP contribution >= 0.6 is 0 Å². The second-order valence-electron chi connectivity index (χ2n) is 5.09. The Morgan fingerprint density at radius 2 is 1.91 bits per heavy atom. The minimum Gasteiger partial charge on any atom is -0.494 e. The summed E-state index contributed by atoms with van der Waals surface area (Å²) in [5.41, 5.74) is 3.81. The zero-order valence-electron chi connectivity index (χ0n) is 13.2. The van der Waals surface area contributed by atoms with Crippen molar-refractivity contribution in [3.05, 3.63) is 54.0 Å². The number of hydrogen-bond donors (Lipinski definition) is 0. The number of carbonyl (C=O) groups excluding carboxylic acids is 1. The lowest BCUT2D eigenvalue weighted by Crippen LogP contribution is -2.03. The first-order valence-electron chi connectivity index (χ1n) is 7.13. The van der Waals surface area contributed by atoms with Crippen molar-refractivity contribution in [3.63, 3.8) is 0 Å². The van der Waals surface area contributed by atoms with Crippen LogP contribution in [0.2, 0.25) is 0 Å². The van der Waals surface area contributed by atoms with Gasteiger partial charge in [0.05, 0.1) is 14.2 Å². The molecule has 0 fully saturated rings. The number of rotatable bonds is 3. The third-order valence-electron chi connectivity index (χ3n) is 3.64. The van der Waals surface area contributed by atoms with E-state index >= 15 is 0 Å². The number of aryl methyl sites for hydroxylation is 1. The quantitative estimate of drug-likeness (QED) is 0.694. The maximum atomic E-state index is 11.7. The molecule has 0 atom stereocenters. The maximum absolute atomic E-state index is 11.7. The normalized spacial score (nSPS) is 10.6. The summed E-state index contributed by atoms with van der Waals surface area (Å²) in [5, 5.41) is 0.956. The van der Waals surface area contributed by atoms with Crippen LogP contribution in [0, 0.1) is 6.92 Å². The molecule has 0 unspecified atom stereocenters. The molecule has 0 bridgehead atoms. The average molecular weight is 308 g/mol. The van der Waals surface area contributed by atoms with Crippen molar-refractivity contribution in [2.45, 2.75) is 6.92 Å². The van der Waals surface area contributed by atoms with E-state index in [1.165, 1.54) is 7.11 Å². The lowest BCUT2D eigenvalue weighted by Gasteiger charge is -2.11. The number of methoxy groups -OCH3 is 2. The molecule has 0 N–H and O–H groups in total. The van der Waals surface area contributed by atoms with Crippen molar-refractivity contribution in [1.29, 1.82) is 0 Å². The van der Waals surface area contributed by atoms with Crippen molar-refractivity contribution in [2.24, 2.45) is 0 Å². The smallest absolute Gasteiger partial charge is 0.356 e. The minimum atomic E-state index is -0.460. The lowest BCUT2D eigenvalue weighted by atomic mass is 10.00. The van der Waals surface area contributed by atoms with Gasteiger partial charge >= 0.3 is 5.97 Å². The molecule has 1 aromatic carbocycles. The van der Waals surface area contributed by atoms with Crippen molar-refractivity contribution < 1.29 is 14.3 Å². The molecule has 0 spiro atoms.